The van der Waals surface area contributed by atoms with Crippen LogP contribution in [0.2, 0.25) is 0 Å². The molecule has 0 heterocycles. The number of rotatable bonds is 12. The highest BCUT2D eigenvalue weighted by Crippen LogP contribution is 2.24. The maximum atomic E-state index is 13.4. The highest BCUT2D eigenvalue weighted by Gasteiger charge is 2.27. The molecule has 1 aliphatic carbocycles. The molecule has 3 aromatic rings. The van der Waals surface area contributed by atoms with E-state index in [2.05, 4.69) is 15.8 Å². The van der Waals surface area contributed by atoms with Crippen molar-refractivity contribution in [3.05, 3.63) is 90.0 Å². The quantitative estimate of drug-likeness (QED) is 0.245. The number of carbonyl (C=O) groups excluding carboxylic acids is 2. The predicted octanol–water partition coefficient (Wildman–Crippen LogP) is 4.42. The van der Waals surface area contributed by atoms with Gasteiger partial charge in [-0.1, -0.05) is 56.5 Å². The maximum absolute atomic E-state index is 13.4. The standard InChI is InChI=1S/C31H36N4O5S/c1-2-24-13-17-27(18-14-24)35(41(38,39)29-11-7-4-8-12-29)22-30(36)34-32-21-25-15-19-28(20-16-25)40-23-31(37)33-26-9-5-3-6-10-26/h4,7-8,11-21,26H,2-3,5-6,9-10,22-23H2,1H3,(H,33,37)(H,34,36)/b32-21-. The summed E-state index contributed by atoms with van der Waals surface area (Å²) in [5.41, 5.74) is 4.54. The number of nitrogens with zero attached hydrogens (tertiary/aromatic N) is 2. The van der Waals surface area contributed by atoms with Gasteiger partial charge < -0.3 is 10.1 Å². The summed E-state index contributed by atoms with van der Waals surface area (Å²) in [4.78, 5) is 25.0. The Bertz CT molecular complexity index is 1420. The highest BCUT2D eigenvalue weighted by molar-refractivity contribution is 7.92. The van der Waals surface area contributed by atoms with E-state index in [1.165, 1.54) is 24.8 Å². The van der Waals surface area contributed by atoms with Crippen LogP contribution < -0.4 is 19.8 Å². The highest BCUT2D eigenvalue weighted by atomic mass is 32.2. The van der Waals surface area contributed by atoms with Gasteiger partial charge in [-0.05, 0) is 78.9 Å². The van der Waals surface area contributed by atoms with Crippen molar-refractivity contribution >= 4 is 33.7 Å². The van der Waals surface area contributed by atoms with Crippen molar-refractivity contribution in [1.82, 2.24) is 10.7 Å². The summed E-state index contributed by atoms with van der Waals surface area (Å²) in [5, 5.41) is 7.01. The summed E-state index contributed by atoms with van der Waals surface area (Å²) in [6, 6.07) is 22.2. The lowest BCUT2D eigenvalue weighted by molar-refractivity contribution is -0.124. The molecule has 1 aliphatic rings. The Hall–Kier alpha value is -4.18. The molecule has 3 aromatic carbocycles. The zero-order valence-corrected chi connectivity index (χ0v) is 24.0. The molecule has 0 unspecified atom stereocenters. The molecule has 0 aromatic heterocycles. The first kappa shape index (κ1) is 29.8. The number of amides is 2. The molecule has 0 radical (unpaired) electrons. The molecule has 216 valence electrons. The van der Waals surface area contributed by atoms with E-state index in [1.807, 2.05) is 19.1 Å². The smallest absolute Gasteiger partial charge is 0.264 e. The molecular weight excluding hydrogens is 540 g/mol. The number of benzene rings is 3. The number of hydrazone groups is 1. The molecule has 2 N–H and O–H groups in total. The van der Waals surface area contributed by atoms with E-state index in [0.29, 0.717) is 17.0 Å². The third-order valence-electron chi connectivity index (χ3n) is 6.87. The van der Waals surface area contributed by atoms with Crippen LogP contribution in [0.4, 0.5) is 5.69 Å². The molecule has 2 amide bonds. The molecule has 0 aliphatic heterocycles. The molecule has 10 heteroatoms. The summed E-state index contributed by atoms with van der Waals surface area (Å²) < 4.78 is 33.5. The topological polar surface area (TPSA) is 117 Å². The molecule has 41 heavy (non-hydrogen) atoms. The third-order valence-corrected chi connectivity index (χ3v) is 8.66. The summed E-state index contributed by atoms with van der Waals surface area (Å²) >= 11 is 0. The Morgan fingerprint density at radius 1 is 0.927 bits per heavy atom. The van der Waals surface area contributed by atoms with Gasteiger partial charge in [0.05, 0.1) is 16.8 Å². The summed E-state index contributed by atoms with van der Waals surface area (Å²) in [6.45, 7) is 1.51. The lowest BCUT2D eigenvalue weighted by Gasteiger charge is -2.24. The summed E-state index contributed by atoms with van der Waals surface area (Å²) in [7, 11) is -3.99. The van der Waals surface area contributed by atoms with E-state index in [0.717, 1.165) is 42.0 Å². The van der Waals surface area contributed by atoms with Crippen molar-refractivity contribution in [2.24, 2.45) is 5.10 Å². The number of carbonyl (C=O) groups is 2. The minimum atomic E-state index is -3.99. The minimum absolute atomic E-state index is 0.0520. The number of hydrogen-bond donors (Lipinski definition) is 2. The van der Waals surface area contributed by atoms with E-state index in [-0.39, 0.29) is 23.5 Å². The summed E-state index contributed by atoms with van der Waals surface area (Å²) in [6.07, 6.45) is 7.81. The fourth-order valence-corrected chi connectivity index (χ4v) is 6.03. The van der Waals surface area contributed by atoms with Crippen LogP contribution in [0.5, 0.6) is 5.75 Å². The molecule has 1 saturated carbocycles. The number of ether oxygens (including phenoxy) is 1. The Balaban J connectivity index is 1.33. The van der Waals surface area contributed by atoms with Gasteiger partial charge in [0.15, 0.2) is 6.61 Å². The Morgan fingerprint density at radius 3 is 2.27 bits per heavy atom. The average Bonchev–Trinajstić information content (AvgIpc) is 3.00. The number of nitrogens with one attached hydrogen (secondary N) is 2. The molecular formula is C31H36N4O5S. The zero-order valence-electron chi connectivity index (χ0n) is 23.2. The van der Waals surface area contributed by atoms with E-state index in [4.69, 9.17) is 4.74 Å². The third kappa shape index (κ3) is 8.65. The van der Waals surface area contributed by atoms with Crippen molar-refractivity contribution in [3.63, 3.8) is 0 Å². The molecule has 1 fully saturated rings. The first-order chi connectivity index (χ1) is 19.8. The maximum Gasteiger partial charge on any atom is 0.264 e. The monoisotopic (exact) mass is 576 g/mol. The van der Waals surface area contributed by atoms with E-state index in [9.17, 15) is 18.0 Å². The van der Waals surface area contributed by atoms with Gasteiger partial charge in [0.1, 0.15) is 12.3 Å². The van der Waals surface area contributed by atoms with Crippen molar-refractivity contribution < 1.29 is 22.7 Å². The molecule has 9 nitrogen and oxygen atoms in total. The van der Waals surface area contributed by atoms with Gasteiger partial charge in [-0.2, -0.15) is 5.10 Å². The molecule has 4 rings (SSSR count). The molecule has 0 saturated heterocycles. The van der Waals surface area contributed by atoms with Gasteiger partial charge in [-0.15, -0.1) is 0 Å². The van der Waals surface area contributed by atoms with Gasteiger partial charge in [-0.3, -0.25) is 13.9 Å². The van der Waals surface area contributed by atoms with Gasteiger partial charge in [-0.25, -0.2) is 13.8 Å². The van der Waals surface area contributed by atoms with Crippen LogP contribution in [-0.4, -0.2) is 45.6 Å². The Kier molecular flexibility index (Phi) is 10.5. The van der Waals surface area contributed by atoms with Crippen LogP contribution in [0.1, 0.15) is 50.2 Å². The second-order valence-corrected chi connectivity index (χ2v) is 11.8. The van der Waals surface area contributed by atoms with Gasteiger partial charge in [0, 0.05) is 6.04 Å². The van der Waals surface area contributed by atoms with Gasteiger partial charge in [0.25, 0.3) is 21.8 Å². The predicted molar refractivity (Wildman–Crippen MR) is 159 cm³/mol. The fourth-order valence-electron chi connectivity index (χ4n) is 4.59. The van der Waals surface area contributed by atoms with Gasteiger partial charge in [0.2, 0.25) is 0 Å². The number of aryl methyl sites for hydroxylation is 1. The largest absolute Gasteiger partial charge is 0.484 e. The van der Waals surface area contributed by atoms with Crippen LogP contribution in [0.3, 0.4) is 0 Å². The second kappa shape index (κ2) is 14.5. The normalized spacial score (nSPS) is 14.0. The van der Waals surface area contributed by atoms with Crippen molar-refractivity contribution in [1.29, 1.82) is 0 Å². The van der Waals surface area contributed by atoms with E-state index >= 15 is 0 Å². The van der Waals surface area contributed by atoms with E-state index < -0.39 is 22.5 Å². The Labute approximate surface area is 241 Å². The Morgan fingerprint density at radius 2 is 1.61 bits per heavy atom. The van der Waals surface area contributed by atoms with Gasteiger partial charge >= 0.3 is 0 Å². The van der Waals surface area contributed by atoms with E-state index in [1.54, 1.807) is 54.6 Å². The van der Waals surface area contributed by atoms with Crippen molar-refractivity contribution in [2.45, 2.75) is 56.4 Å². The SMILES string of the molecule is CCc1ccc(N(CC(=O)N/N=C\c2ccc(OCC(=O)NC3CCCCC3)cc2)S(=O)(=O)c2ccccc2)cc1. The van der Waals surface area contributed by atoms with Crippen LogP contribution in [0.25, 0.3) is 0 Å². The first-order valence-electron chi connectivity index (χ1n) is 13.9. The number of sulfonamides is 1. The number of hydrogen-bond acceptors (Lipinski definition) is 6. The number of anilines is 1. The lowest BCUT2D eigenvalue weighted by Crippen LogP contribution is -2.39. The van der Waals surface area contributed by atoms with Crippen molar-refractivity contribution in [3.8, 4) is 5.75 Å². The van der Waals surface area contributed by atoms with Crippen LogP contribution in [0.15, 0.2) is 88.9 Å². The zero-order chi connectivity index (χ0) is 29.1. The van der Waals surface area contributed by atoms with Crippen molar-refractivity contribution in [2.75, 3.05) is 17.5 Å². The summed E-state index contributed by atoms with van der Waals surface area (Å²) in [5.74, 6) is -0.181. The van der Waals surface area contributed by atoms with Crippen LogP contribution in [0, 0.1) is 0 Å². The lowest BCUT2D eigenvalue weighted by atomic mass is 9.95. The van der Waals surface area contributed by atoms with Crippen LogP contribution >= 0.6 is 0 Å². The molecule has 0 atom stereocenters. The van der Waals surface area contributed by atoms with Crippen LogP contribution in [-0.2, 0) is 26.0 Å². The molecule has 0 bridgehead atoms. The average molecular weight is 577 g/mol. The second-order valence-electron chi connectivity index (χ2n) is 9.90. The first-order valence-corrected chi connectivity index (χ1v) is 15.3. The minimum Gasteiger partial charge on any atom is -0.484 e. The fraction of sp³-hybridized carbons (Fsp3) is 0.323. The molecule has 0 spiro atoms.